The predicted molar refractivity (Wildman–Crippen MR) is 80.5 cm³/mol. The lowest BCUT2D eigenvalue weighted by atomic mass is 9.91. The second-order valence-electron chi connectivity index (χ2n) is 5.11. The van der Waals surface area contributed by atoms with E-state index >= 15 is 0 Å². The highest BCUT2D eigenvalue weighted by Gasteiger charge is 2.38. The Kier molecular flexibility index (Phi) is 5.18. The number of methoxy groups -OCH3 is 1. The van der Waals surface area contributed by atoms with E-state index in [-0.39, 0.29) is 12.1 Å². The number of hydrogen-bond acceptors (Lipinski definition) is 4. The number of ether oxygens (including phenoxy) is 2. The number of rotatable bonds is 5. The van der Waals surface area contributed by atoms with Gasteiger partial charge in [-0.1, -0.05) is 34.1 Å². The predicted octanol–water partition coefficient (Wildman–Crippen LogP) is 2.61. The molecule has 20 heavy (non-hydrogen) atoms. The maximum Gasteiger partial charge on any atom is 0.330 e. The molecule has 1 N–H and O–H groups in total. The van der Waals surface area contributed by atoms with Crippen LogP contribution in [-0.4, -0.2) is 32.3 Å². The Bertz CT molecular complexity index is 474. The van der Waals surface area contributed by atoms with Crippen LogP contribution in [0.1, 0.15) is 25.3 Å². The molecule has 0 bridgehead atoms. The molecule has 1 aromatic carbocycles. The third-order valence-corrected chi connectivity index (χ3v) is 4.40. The average molecular weight is 342 g/mol. The molecule has 1 aromatic rings. The van der Waals surface area contributed by atoms with E-state index in [0.717, 1.165) is 29.5 Å². The van der Waals surface area contributed by atoms with Crippen LogP contribution in [0, 0.1) is 0 Å². The summed E-state index contributed by atoms with van der Waals surface area (Å²) in [7, 11) is 1.41. The number of hydrogen-bond donors (Lipinski definition) is 1. The van der Waals surface area contributed by atoms with Crippen molar-refractivity contribution in [3.05, 3.63) is 34.3 Å². The van der Waals surface area contributed by atoms with Crippen molar-refractivity contribution in [3.63, 3.8) is 0 Å². The summed E-state index contributed by atoms with van der Waals surface area (Å²) in [6, 6.07) is 7.67. The van der Waals surface area contributed by atoms with Gasteiger partial charge in [0.1, 0.15) is 5.54 Å². The minimum absolute atomic E-state index is 0.168. The summed E-state index contributed by atoms with van der Waals surface area (Å²) in [5, 5.41) is 3.32. The maximum atomic E-state index is 12.2. The second-order valence-corrected chi connectivity index (χ2v) is 5.97. The van der Waals surface area contributed by atoms with Gasteiger partial charge in [0, 0.05) is 17.6 Å². The fourth-order valence-electron chi connectivity index (χ4n) is 2.47. The molecule has 1 aliphatic rings. The van der Waals surface area contributed by atoms with Crippen LogP contribution in [0.5, 0.6) is 0 Å². The molecule has 1 heterocycles. The van der Waals surface area contributed by atoms with Crippen LogP contribution in [0.15, 0.2) is 28.7 Å². The number of nitrogens with one attached hydrogen (secondary N) is 1. The Labute approximate surface area is 128 Å². The highest BCUT2D eigenvalue weighted by Crippen LogP contribution is 2.29. The molecule has 0 spiro atoms. The zero-order valence-corrected chi connectivity index (χ0v) is 13.4. The van der Waals surface area contributed by atoms with E-state index in [9.17, 15) is 4.79 Å². The fourth-order valence-corrected chi connectivity index (χ4v) is 3.15. The summed E-state index contributed by atoms with van der Waals surface area (Å²) in [4.78, 5) is 12.2. The van der Waals surface area contributed by atoms with Crippen molar-refractivity contribution >= 4 is 21.9 Å². The van der Waals surface area contributed by atoms with Crippen LogP contribution in [0.3, 0.4) is 0 Å². The van der Waals surface area contributed by atoms with Gasteiger partial charge >= 0.3 is 5.97 Å². The van der Waals surface area contributed by atoms with E-state index in [1.54, 1.807) is 0 Å². The lowest BCUT2D eigenvalue weighted by Crippen LogP contribution is -2.50. The Morgan fingerprint density at radius 1 is 1.55 bits per heavy atom. The number of benzene rings is 1. The number of carbonyl (C=O) groups excluding carboxylic acids is 1. The lowest BCUT2D eigenvalue weighted by Gasteiger charge is -2.30. The van der Waals surface area contributed by atoms with Crippen LogP contribution >= 0.6 is 15.9 Å². The van der Waals surface area contributed by atoms with E-state index in [0.29, 0.717) is 6.54 Å². The zero-order valence-electron chi connectivity index (χ0n) is 11.8. The van der Waals surface area contributed by atoms with E-state index in [1.165, 1.54) is 7.11 Å². The van der Waals surface area contributed by atoms with E-state index in [1.807, 2.05) is 31.2 Å². The van der Waals surface area contributed by atoms with Crippen molar-refractivity contribution in [1.29, 1.82) is 0 Å². The second kappa shape index (κ2) is 6.70. The van der Waals surface area contributed by atoms with Gasteiger partial charge in [-0.3, -0.25) is 5.32 Å². The summed E-state index contributed by atoms with van der Waals surface area (Å²) in [6.07, 6.45) is 2.28. The Hall–Kier alpha value is -0.910. The quantitative estimate of drug-likeness (QED) is 0.836. The summed E-state index contributed by atoms with van der Waals surface area (Å²) in [5.41, 5.74) is -0.0225. The molecular weight excluding hydrogens is 322 g/mol. The van der Waals surface area contributed by atoms with Crippen LogP contribution in [0.4, 0.5) is 0 Å². The Morgan fingerprint density at radius 3 is 2.90 bits per heavy atom. The molecule has 4 nitrogen and oxygen atoms in total. The smallest absolute Gasteiger partial charge is 0.330 e. The Balaban J connectivity index is 2.21. The van der Waals surface area contributed by atoms with Crippen molar-refractivity contribution in [2.24, 2.45) is 0 Å². The molecule has 2 rings (SSSR count). The number of halogens is 1. The molecule has 0 saturated carbocycles. The summed E-state index contributed by atoms with van der Waals surface area (Å²) < 4.78 is 11.5. The SMILES string of the molecule is COC(=O)C(C)(NCC1CCCO1)c1ccccc1Br. The van der Waals surface area contributed by atoms with Gasteiger partial charge < -0.3 is 9.47 Å². The van der Waals surface area contributed by atoms with Crippen LogP contribution < -0.4 is 5.32 Å². The summed E-state index contributed by atoms with van der Waals surface area (Å²) in [6.45, 7) is 3.27. The number of esters is 1. The standard InChI is InChI=1S/C15H20BrNO3/c1-15(14(18)19-2,12-7-3-4-8-13(12)16)17-10-11-6-5-9-20-11/h3-4,7-8,11,17H,5-6,9-10H2,1-2H3. The summed E-state index contributed by atoms with van der Waals surface area (Å²) >= 11 is 3.50. The first-order valence-electron chi connectivity index (χ1n) is 6.78. The molecule has 2 atom stereocenters. The highest BCUT2D eigenvalue weighted by molar-refractivity contribution is 9.10. The minimum Gasteiger partial charge on any atom is -0.467 e. The van der Waals surface area contributed by atoms with Gasteiger partial charge in [0.2, 0.25) is 0 Å². The molecule has 0 aromatic heterocycles. The first-order valence-corrected chi connectivity index (χ1v) is 7.57. The van der Waals surface area contributed by atoms with Crippen molar-refractivity contribution in [3.8, 4) is 0 Å². The topological polar surface area (TPSA) is 47.6 Å². The molecule has 0 aliphatic carbocycles. The first-order chi connectivity index (χ1) is 9.58. The Morgan fingerprint density at radius 2 is 2.30 bits per heavy atom. The molecule has 110 valence electrons. The highest BCUT2D eigenvalue weighted by atomic mass is 79.9. The van der Waals surface area contributed by atoms with Crippen molar-refractivity contribution in [1.82, 2.24) is 5.32 Å². The summed E-state index contributed by atoms with van der Waals surface area (Å²) in [5.74, 6) is -0.303. The lowest BCUT2D eigenvalue weighted by molar-refractivity contribution is -0.148. The van der Waals surface area contributed by atoms with Crippen LogP contribution in [0.2, 0.25) is 0 Å². The van der Waals surface area contributed by atoms with E-state index < -0.39 is 5.54 Å². The fraction of sp³-hybridized carbons (Fsp3) is 0.533. The maximum absolute atomic E-state index is 12.2. The third kappa shape index (κ3) is 3.22. The zero-order chi connectivity index (χ0) is 14.6. The van der Waals surface area contributed by atoms with Gasteiger partial charge in [0.25, 0.3) is 0 Å². The van der Waals surface area contributed by atoms with Gasteiger partial charge in [0.15, 0.2) is 0 Å². The average Bonchev–Trinajstić information content (AvgIpc) is 2.97. The first kappa shape index (κ1) is 15.5. The molecular formula is C15H20BrNO3. The van der Waals surface area contributed by atoms with E-state index in [2.05, 4.69) is 21.2 Å². The molecule has 0 amide bonds. The minimum atomic E-state index is -0.888. The third-order valence-electron chi connectivity index (χ3n) is 3.71. The molecule has 5 heteroatoms. The van der Waals surface area contributed by atoms with E-state index in [4.69, 9.17) is 9.47 Å². The molecule has 1 aliphatic heterocycles. The molecule has 1 fully saturated rings. The van der Waals surface area contributed by atoms with Crippen LogP contribution in [0.25, 0.3) is 0 Å². The van der Waals surface area contributed by atoms with Crippen molar-refractivity contribution in [2.45, 2.75) is 31.4 Å². The van der Waals surface area contributed by atoms with Gasteiger partial charge in [-0.2, -0.15) is 0 Å². The van der Waals surface area contributed by atoms with Crippen LogP contribution in [-0.2, 0) is 19.8 Å². The van der Waals surface area contributed by atoms with Gasteiger partial charge in [-0.05, 0) is 31.4 Å². The van der Waals surface area contributed by atoms with Crippen molar-refractivity contribution < 1.29 is 14.3 Å². The molecule has 1 saturated heterocycles. The van der Waals surface area contributed by atoms with Gasteiger partial charge in [-0.25, -0.2) is 4.79 Å². The largest absolute Gasteiger partial charge is 0.467 e. The monoisotopic (exact) mass is 341 g/mol. The van der Waals surface area contributed by atoms with Crippen molar-refractivity contribution in [2.75, 3.05) is 20.3 Å². The van der Waals surface area contributed by atoms with Gasteiger partial charge in [-0.15, -0.1) is 0 Å². The molecule has 2 unspecified atom stereocenters. The normalized spacial score (nSPS) is 21.4. The molecule has 0 radical (unpaired) electrons. The number of carbonyl (C=O) groups is 1. The van der Waals surface area contributed by atoms with Gasteiger partial charge in [0.05, 0.1) is 13.2 Å².